The van der Waals surface area contributed by atoms with Crippen LogP contribution in [0.25, 0.3) is 22.0 Å². The molecule has 0 unspecified atom stereocenters. The number of aromatic nitrogens is 1. The zero-order valence-electron chi connectivity index (χ0n) is 21.6. The average molecular weight is 651 g/mol. The number of carbonyl (C=O) groups is 2. The maximum atomic E-state index is 13.3. The van der Waals surface area contributed by atoms with Crippen molar-refractivity contribution in [2.75, 3.05) is 6.61 Å². The molecule has 206 valence electrons. The van der Waals surface area contributed by atoms with E-state index < -0.39 is 11.9 Å². The largest absolute Gasteiger partial charge is 0.490 e. The molecular weight excluding hydrogens is 629 g/mol. The minimum Gasteiger partial charge on any atom is -0.490 e. The van der Waals surface area contributed by atoms with Crippen LogP contribution in [0, 0.1) is 0 Å². The number of nitrogens with one attached hydrogen (secondary N) is 2. The van der Waals surface area contributed by atoms with E-state index in [9.17, 15) is 9.59 Å². The zero-order chi connectivity index (χ0) is 28.9. The van der Waals surface area contributed by atoms with Gasteiger partial charge in [0, 0.05) is 20.4 Å². The summed E-state index contributed by atoms with van der Waals surface area (Å²) in [6.45, 7) is 2.18. The first-order valence-electron chi connectivity index (χ1n) is 12.5. The lowest BCUT2D eigenvalue weighted by Gasteiger charge is -2.11. The quantitative estimate of drug-likeness (QED) is 0.0765. The Kier molecular flexibility index (Phi) is 8.73. The van der Waals surface area contributed by atoms with Gasteiger partial charge in [-0.3, -0.25) is 4.79 Å². The van der Waals surface area contributed by atoms with Gasteiger partial charge in [-0.15, -0.1) is 0 Å². The molecule has 0 fully saturated rings. The van der Waals surface area contributed by atoms with E-state index in [2.05, 4.69) is 31.4 Å². The van der Waals surface area contributed by atoms with E-state index in [1.54, 1.807) is 54.6 Å². The Labute approximate surface area is 254 Å². The van der Waals surface area contributed by atoms with Crippen molar-refractivity contribution >= 4 is 68.1 Å². The highest BCUT2D eigenvalue weighted by Crippen LogP contribution is 2.37. The molecule has 0 radical (unpaired) electrons. The second kappa shape index (κ2) is 12.6. The van der Waals surface area contributed by atoms with E-state index in [-0.39, 0.29) is 11.4 Å². The number of hydrazone groups is 1. The second-order valence-corrected chi connectivity index (χ2v) is 10.5. The molecule has 5 rings (SSSR count). The van der Waals surface area contributed by atoms with Crippen LogP contribution in [0.2, 0.25) is 10.0 Å². The number of hydrogen-bond donors (Lipinski definition) is 2. The van der Waals surface area contributed by atoms with Crippen LogP contribution in [-0.2, 0) is 0 Å². The van der Waals surface area contributed by atoms with Crippen LogP contribution in [0.15, 0.2) is 94.5 Å². The van der Waals surface area contributed by atoms with Gasteiger partial charge in [-0.05, 0) is 72.6 Å². The maximum Gasteiger partial charge on any atom is 0.343 e. The normalized spacial score (nSPS) is 11.1. The Morgan fingerprint density at radius 1 is 0.976 bits per heavy atom. The molecule has 10 heteroatoms. The van der Waals surface area contributed by atoms with Crippen molar-refractivity contribution in [3.05, 3.63) is 116 Å². The highest BCUT2D eigenvalue weighted by molar-refractivity contribution is 9.10. The number of fused-ring (bicyclic) bond motifs is 1. The van der Waals surface area contributed by atoms with Crippen molar-refractivity contribution in [3.63, 3.8) is 0 Å². The molecule has 1 heterocycles. The van der Waals surface area contributed by atoms with Gasteiger partial charge < -0.3 is 14.5 Å². The fourth-order valence-corrected chi connectivity index (χ4v) is 5.02. The molecule has 4 aromatic carbocycles. The minimum absolute atomic E-state index is 0.266. The Hall–Kier alpha value is -4.11. The first-order chi connectivity index (χ1) is 19.8. The zero-order valence-corrected chi connectivity index (χ0v) is 24.7. The lowest BCUT2D eigenvalue weighted by molar-refractivity contribution is 0.0728. The highest BCUT2D eigenvalue weighted by Gasteiger charge is 2.21. The fraction of sp³-hybridized carbons (Fsp3) is 0.0645. The summed E-state index contributed by atoms with van der Waals surface area (Å²) in [6, 6.07) is 24.7. The van der Waals surface area contributed by atoms with Crippen molar-refractivity contribution in [1.82, 2.24) is 10.4 Å². The molecular formula is C31H22BrCl2N3O4. The van der Waals surface area contributed by atoms with Crippen LogP contribution in [0.5, 0.6) is 11.5 Å². The van der Waals surface area contributed by atoms with Gasteiger partial charge in [-0.2, -0.15) is 5.10 Å². The summed E-state index contributed by atoms with van der Waals surface area (Å²) < 4.78 is 12.1. The summed E-state index contributed by atoms with van der Waals surface area (Å²) in [7, 11) is 0. The van der Waals surface area contributed by atoms with E-state index in [4.69, 9.17) is 32.7 Å². The number of carbonyl (C=O) groups excluding carboxylic acids is 2. The second-order valence-electron chi connectivity index (χ2n) is 8.79. The molecule has 0 aliphatic heterocycles. The number of amides is 1. The molecule has 0 aliphatic rings. The smallest absolute Gasteiger partial charge is 0.343 e. The van der Waals surface area contributed by atoms with Gasteiger partial charge in [0.2, 0.25) is 0 Å². The molecule has 2 N–H and O–H groups in total. The molecule has 0 bridgehead atoms. The van der Waals surface area contributed by atoms with E-state index in [1.807, 2.05) is 37.3 Å². The van der Waals surface area contributed by atoms with Gasteiger partial charge in [0.25, 0.3) is 5.91 Å². The first-order valence-corrected chi connectivity index (χ1v) is 14.0. The SMILES string of the molecule is CCOc1cc(C=NNC(=O)c2[nH]c3c(Cl)cc(Cl)cc3c2-c2ccccc2)ccc1OC(=O)c1ccc(Br)cc1. The maximum absolute atomic E-state index is 13.3. The van der Waals surface area contributed by atoms with Gasteiger partial charge in [0.05, 0.1) is 28.9 Å². The Morgan fingerprint density at radius 3 is 2.46 bits per heavy atom. The van der Waals surface area contributed by atoms with E-state index in [0.717, 1.165) is 15.4 Å². The Bertz CT molecular complexity index is 1770. The first kappa shape index (κ1) is 28.4. The molecule has 0 aliphatic carbocycles. The molecule has 0 saturated heterocycles. The molecule has 0 spiro atoms. The summed E-state index contributed by atoms with van der Waals surface area (Å²) in [4.78, 5) is 29.0. The standard InChI is InChI=1S/C31H22BrCl2N3O4/c1-2-40-26-14-18(8-13-25(26)41-31(39)20-9-11-21(32)12-10-20)17-35-37-30(38)29-27(19-6-4-3-5-7-19)23-15-22(33)16-24(34)28(23)36-29/h3-17,36H,2H2,1H3,(H,37,38). The Morgan fingerprint density at radius 2 is 1.73 bits per heavy atom. The number of hydrogen-bond acceptors (Lipinski definition) is 5. The van der Waals surface area contributed by atoms with Gasteiger partial charge in [-0.1, -0.05) is 69.5 Å². The van der Waals surface area contributed by atoms with Crippen LogP contribution < -0.4 is 14.9 Å². The van der Waals surface area contributed by atoms with Crippen molar-refractivity contribution in [1.29, 1.82) is 0 Å². The van der Waals surface area contributed by atoms with Gasteiger partial charge in [-0.25, -0.2) is 10.2 Å². The predicted molar refractivity (Wildman–Crippen MR) is 166 cm³/mol. The lowest BCUT2D eigenvalue weighted by Crippen LogP contribution is -2.18. The monoisotopic (exact) mass is 649 g/mol. The van der Waals surface area contributed by atoms with Gasteiger partial charge >= 0.3 is 5.97 Å². The molecule has 0 saturated carbocycles. The predicted octanol–water partition coefficient (Wildman–Crippen LogP) is 8.29. The molecule has 7 nitrogen and oxygen atoms in total. The summed E-state index contributed by atoms with van der Waals surface area (Å²) in [5, 5.41) is 5.72. The van der Waals surface area contributed by atoms with Crippen LogP contribution in [-0.4, -0.2) is 29.7 Å². The average Bonchev–Trinajstić information content (AvgIpc) is 3.35. The molecule has 1 amide bonds. The molecule has 0 atom stereocenters. The third-order valence-corrected chi connectivity index (χ3v) is 7.09. The molecule has 41 heavy (non-hydrogen) atoms. The van der Waals surface area contributed by atoms with Crippen LogP contribution in [0.1, 0.15) is 33.3 Å². The number of nitrogens with zero attached hydrogens (tertiary/aromatic N) is 1. The van der Waals surface area contributed by atoms with Crippen LogP contribution in [0.4, 0.5) is 0 Å². The lowest BCUT2D eigenvalue weighted by atomic mass is 10.0. The van der Waals surface area contributed by atoms with Crippen molar-refractivity contribution in [2.45, 2.75) is 6.92 Å². The molecule has 1 aromatic heterocycles. The van der Waals surface area contributed by atoms with Gasteiger partial charge in [0.1, 0.15) is 5.69 Å². The summed E-state index contributed by atoms with van der Waals surface area (Å²) >= 11 is 16.0. The topological polar surface area (TPSA) is 92.8 Å². The summed E-state index contributed by atoms with van der Waals surface area (Å²) in [5.74, 6) is -0.349. The number of aromatic amines is 1. The van der Waals surface area contributed by atoms with Crippen LogP contribution >= 0.6 is 39.1 Å². The van der Waals surface area contributed by atoms with Crippen molar-refractivity contribution < 1.29 is 19.1 Å². The third-order valence-electron chi connectivity index (χ3n) is 6.04. The molecule has 5 aromatic rings. The van der Waals surface area contributed by atoms with Crippen LogP contribution in [0.3, 0.4) is 0 Å². The van der Waals surface area contributed by atoms with E-state index in [0.29, 0.717) is 44.6 Å². The fourth-order valence-electron chi connectivity index (χ4n) is 4.22. The number of rotatable bonds is 8. The number of halogens is 3. The van der Waals surface area contributed by atoms with Gasteiger partial charge in [0.15, 0.2) is 11.5 Å². The minimum atomic E-state index is -0.513. The number of ether oxygens (including phenoxy) is 2. The summed E-state index contributed by atoms with van der Waals surface area (Å²) in [6.07, 6.45) is 1.47. The van der Waals surface area contributed by atoms with E-state index >= 15 is 0 Å². The highest BCUT2D eigenvalue weighted by atomic mass is 79.9. The number of H-pyrrole nitrogens is 1. The van der Waals surface area contributed by atoms with Crippen molar-refractivity contribution in [2.24, 2.45) is 5.10 Å². The van der Waals surface area contributed by atoms with Crippen molar-refractivity contribution in [3.8, 4) is 22.6 Å². The van der Waals surface area contributed by atoms with E-state index in [1.165, 1.54) is 6.21 Å². The Balaban J connectivity index is 1.37. The number of esters is 1. The third kappa shape index (κ3) is 6.46. The number of benzene rings is 4. The summed E-state index contributed by atoms with van der Waals surface area (Å²) in [5.41, 5.74) is 5.96.